The number of benzene rings is 4. The summed E-state index contributed by atoms with van der Waals surface area (Å²) >= 11 is 20.0. The Bertz CT molecular complexity index is 3520. The van der Waals surface area contributed by atoms with Gasteiger partial charge < -0.3 is 15.0 Å². The number of fused-ring (bicyclic) bond motifs is 9. The Morgan fingerprint density at radius 2 is 0.612 bits per heavy atom. The zero-order valence-corrected chi connectivity index (χ0v) is 35.1. The van der Waals surface area contributed by atoms with Crippen molar-refractivity contribution in [2.45, 2.75) is 0 Å². The molecule has 0 spiro atoms. The molecule has 5 heterocycles. The van der Waals surface area contributed by atoms with Gasteiger partial charge in [0.05, 0.1) is 28.1 Å². The molecule has 0 atom stereocenters. The molecule has 0 aliphatic carbocycles. The summed E-state index contributed by atoms with van der Waals surface area (Å²) in [6.07, 6.45) is 1.56. The number of rotatable bonds is 4. The molecule has 4 aromatic heterocycles. The van der Waals surface area contributed by atoms with Crippen molar-refractivity contribution < 1.29 is 81.7 Å². The molecule has 0 fully saturated rings. The number of halogens is 18. The van der Waals surface area contributed by atoms with Gasteiger partial charge in [0, 0.05) is 0 Å². The van der Waals surface area contributed by atoms with Crippen molar-refractivity contribution in [2.75, 3.05) is 0 Å². The molecule has 67 heavy (non-hydrogen) atoms. The molecule has 9 rings (SSSR count). The molecule has 0 unspecified atom stereocenters. The smallest absolute Gasteiger partial charge is 0.200 e. The van der Waals surface area contributed by atoms with Gasteiger partial charge in [-0.3, -0.25) is 0 Å². The van der Waals surface area contributed by atoms with Gasteiger partial charge in [-0.25, -0.2) is 70.8 Å². The van der Waals surface area contributed by atoms with E-state index in [1.54, 1.807) is 12.1 Å². The van der Waals surface area contributed by atoms with Crippen LogP contribution < -0.4 is 15.0 Å². The molecule has 0 radical (unpaired) electrons. The monoisotopic (exact) mass is 1040 g/mol. The Labute approximate surface area is 385 Å². The zero-order chi connectivity index (χ0) is 48.7. The normalized spacial score (nSPS) is 11.7. The van der Waals surface area contributed by atoms with Crippen molar-refractivity contribution in [1.29, 1.82) is 0 Å². The van der Waals surface area contributed by atoms with Crippen LogP contribution in [0.5, 0.6) is 0 Å². The largest absolute Gasteiger partial charge is 0.658 e. The number of nitrogens with zero attached hydrogens (tertiary/aromatic N) is 5. The Hall–Kier alpha value is -6.25. The van der Waals surface area contributed by atoms with Gasteiger partial charge in [0.1, 0.15) is 0 Å². The van der Waals surface area contributed by atoms with E-state index in [2.05, 4.69) is 39.7 Å². The molecule has 8 aromatic rings. The standard InChI is InChI=1S/C37H8F15N4.C6H2Cl3N.Mn/c38-23-20(24(39)30(45)35(50)29(23)44)17-11-3-1-9(53-11)10-2-4-12(54-10)18(21-25(40)31(46)36(51)32(47)26(21)41)14-6-8-16(56-14)19(15-7-5-13(17)55-15)22-27(42)33(48)37(52)34(49)28(22)43;7-3-1-4(8)6(10)5(9)2-3;/h1-8H;1-2H;/q-3;;. The van der Waals surface area contributed by atoms with E-state index in [9.17, 15) is 39.5 Å². The molecule has 5 nitrogen and oxygen atoms in total. The molecule has 4 aromatic carbocycles. The Morgan fingerprint density at radius 3 is 0.925 bits per heavy atom. The van der Waals surface area contributed by atoms with Crippen LogP contribution >= 0.6 is 34.8 Å². The van der Waals surface area contributed by atoms with Gasteiger partial charge >= 0.3 is 87.5 Å². The molecular weight excluding hydrogens is 1030 g/mol. The van der Waals surface area contributed by atoms with Gasteiger partial charge in [-0.05, 0) is 28.8 Å². The van der Waals surface area contributed by atoms with Crippen molar-refractivity contribution in [3.05, 3.63) is 162 Å². The van der Waals surface area contributed by atoms with Crippen molar-refractivity contribution in [3.63, 3.8) is 0 Å². The third-order valence-electron chi connectivity index (χ3n) is 9.80. The van der Waals surface area contributed by atoms with E-state index in [4.69, 9.17) is 34.8 Å². The molecule has 24 heteroatoms. The van der Waals surface area contributed by atoms with Crippen LogP contribution in [0.1, 0.15) is 11.4 Å². The average molecular weight is 1040 g/mol. The quantitative estimate of drug-likeness (QED) is 0.0762. The summed E-state index contributed by atoms with van der Waals surface area (Å²) in [7, 11) is 0. The maximum Gasteiger partial charge on any atom is 0.200 e. The SMILES string of the molecule is Clc1cc(Cl)c([N]=[Mn])c(Cl)c1.Fc1c(F)c(F)c(-c2c3nc(c(-c4c(F)c(F)c(F)c(F)c4F)c4ccc([n-]4)c4ccc([n-]4)c(-c4c(F)c(F)c(F)c(F)c4F)c4ccc2[n-]4)C=C3)c(F)c1F. The van der Waals surface area contributed by atoms with E-state index in [1.807, 2.05) is 0 Å². The van der Waals surface area contributed by atoms with Crippen molar-refractivity contribution in [2.24, 2.45) is 3.96 Å². The second kappa shape index (κ2) is 17.8. The fourth-order valence-corrected chi connectivity index (χ4v) is 8.15. The number of hydrogen-bond acceptors (Lipinski definition) is 2. The second-order valence-electron chi connectivity index (χ2n) is 13.6. The molecule has 0 amide bonds. The fourth-order valence-electron chi connectivity index (χ4n) is 6.82. The van der Waals surface area contributed by atoms with Gasteiger partial charge in [-0.2, -0.15) is 11.0 Å². The Kier molecular flexibility index (Phi) is 12.5. The van der Waals surface area contributed by atoms with E-state index < -0.39 is 154 Å². The van der Waals surface area contributed by atoms with Gasteiger partial charge in [0.25, 0.3) is 0 Å². The average Bonchev–Trinajstić information content (AvgIpc) is 4.15. The summed E-state index contributed by atoms with van der Waals surface area (Å²) in [5.74, 6) is -37.0. The number of hydrogen-bond donors (Lipinski definition) is 0. The van der Waals surface area contributed by atoms with E-state index in [0.717, 1.165) is 48.6 Å². The summed E-state index contributed by atoms with van der Waals surface area (Å²) < 4.78 is 227. The first-order valence-electron chi connectivity index (χ1n) is 17.9. The summed E-state index contributed by atoms with van der Waals surface area (Å²) in [5, 5.41) is 1.36. The molecule has 0 N–H and O–H groups in total. The minimum atomic E-state index is -2.62. The summed E-state index contributed by atoms with van der Waals surface area (Å²) in [4.78, 5) is 16.3. The maximum absolute atomic E-state index is 15.5. The van der Waals surface area contributed by atoms with Crippen LogP contribution in [0.25, 0.3) is 78.6 Å². The molecule has 0 saturated heterocycles. The fraction of sp³-hybridized carbons (Fsp3) is 0. The number of aromatic nitrogens is 4. The van der Waals surface area contributed by atoms with E-state index >= 15 is 26.3 Å². The molecule has 1 aliphatic heterocycles. The van der Waals surface area contributed by atoms with Gasteiger partial charge in [-0.1, -0.05) is 36.4 Å². The first-order chi connectivity index (χ1) is 31.7. The van der Waals surface area contributed by atoms with Gasteiger partial charge in [-0.15, -0.1) is 22.1 Å². The molecule has 0 saturated carbocycles. The summed E-state index contributed by atoms with van der Waals surface area (Å²) in [5.41, 5.74) is -12.5. The first-order valence-corrected chi connectivity index (χ1v) is 19.5. The van der Waals surface area contributed by atoms with Crippen LogP contribution in [0, 0.1) is 87.3 Å². The van der Waals surface area contributed by atoms with Crippen LogP contribution in [0.2, 0.25) is 15.1 Å². The summed E-state index contributed by atoms with van der Waals surface area (Å²) in [6, 6.07) is 8.79. The molecule has 8 bridgehead atoms. The van der Waals surface area contributed by atoms with Crippen LogP contribution in [0.4, 0.5) is 71.5 Å². The summed E-state index contributed by atoms with van der Waals surface area (Å²) in [6.45, 7) is 0. The van der Waals surface area contributed by atoms with Crippen molar-refractivity contribution in [3.8, 4) is 33.4 Å². The topological polar surface area (TPSA) is 67.6 Å². The third kappa shape index (κ3) is 7.81. The molecular formula is C43H10Cl3F15MnN5-3. The molecule has 343 valence electrons. The van der Waals surface area contributed by atoms with E-state index in [1.165, 1.54) is 0 Å². The van der Waals surface area contributed by atoms with E-state index in [-0.39, 0.29) is 11.0 Å². The maximum atomic E-state index is 15.5. The predicted molar refractivity (Wildman–Crippen MR) is 211 cm³/mol. The van der Waals surface area contributed by atoms with Gasteiger partial charge in [0.15, 0.2) is 69.8 Å². The Morgan fingerprint density at radius 1 is 0.358 bits per heavy atom. The zero-order valence-electron chi connectivity index (χ0n) is 31.7. The first kappa shape index (κ1) is 47.2. The van der Waals surface area contributed by atoms with Crippen LogP contribution in [0.15, 0.2) is 52.5 Å². The minimum absolute atomic E-state index is 0.268. The minimum Gasteiger partial charge on any atom is -0.658 e. The second-order valence-corrected chi connectivity index (χ2v) is 15.1. The van der Waals surface area contributed by atoms with Crippen LogP contribution in [-0.2, 0) is 15.8 Å². The van der Waals surface area contributed by atoms with Crippen molar-refractivity contribution >= 4 is 85.7 Å². The van der Waals surface area contributed by atoms with Gasteiger partial charge in [0.2, 0.25) is 17.5 Å². The van der Waals surface area contributed by atoms with Crippen LogP contribution in [-0.4, -0.2) is 4.98 Å². The Balaban J connectivity index is 0.000000487. The molecule has 1 aliphatic rings. The van der Waals surface area contributed by atoms with Crippen molar-refractivity contribution in [1.82, 2.24) is 19.9 Å². The third-order valence-corrected chi connectivity index (χ3v) is 10.9. The predicted octanol–water partition coefficient (Wildman–Crippen LogP) is 14.7. The van der Waals surface area contributed by atoms with Crippen LogP contribution in [0.3, 0.4) is 0 Å². The van der Waals surface area contributed by atoms with E-state index in [0.29, 0.717) is 20.8 Å².